The molecule has 1 fully saturated rings. The van der Waals surface area contributed by atoms with Crippen molar-refractivity contribution in [2.45, 2.75) is 69.5 Å². The molecule has 0 aliphatic carbocycles. The molecule has 1 saturated heterocycles. The zero-order valence-electron chi connectivity index (χ0n) is 27.3. The zero-order chi connectivity index (χ0) is 34.2. The molecule has 0 aromatic heterocycles. The Balaban J connectivity index is 1.94. The van der Waals surface area contributed by atoms with E-state index in [4.69, 9.17) is 23.7 Å². The van der Waals surface area contributed by atoms with Gasteiger partial charge < -0.3 is 44.7 Å². The number of aliphatic hydroxyl groups is 1. The van der Waals surface area contributed by atoms with Crippen LogP contribution in [0.5, 0.6) is 0 Å². The van der Waals surface area contributed by atoms with Crippen LogP contribution in [-0.2, 0) is 47.7 Å². The fraction of sp³-hybridized carbons (Fsp3) is 0.767. The number of allylic oxidation sites excluding steroid dienone is 1. The van der Waals surface area contributed by atoms with Gasteiger partial charge in [-0.2, -0.15) is 11.8 Å². The van der Waals surface area contributed by atoms with Crippen molar-refractivity contribution in [3.63, 3.8) is 0 Å². The third-order valence-electron chi connectivity index (χ3n) is 6.79. The monoisotopic (exact) mass is 676 g/mol. The van der Waals surface area contributed by atoms with Crippen LogP contribution in [-0.4, -0.2) is 136 Å². The number of hydrogen-bond donors (Lipinski definition) is 4. The predicted octanol–water partition coefficient (Wildman–Crippen LogP) is 0.0995. The van der Waals surface area contributed by atoms with Gasteiger partial charge in [0.1, 0.15) is 6.61 Å². The lowest BCUT2D eigenvalue weighted by atomic mass is 10.2. The Hall–Kier alpha value is -2.76. The largest absolute Gasteiger partial charge is 0.460 e. The minimum Gasteiger partial charge on any atom is -0.460 e. The number of nitrogens with one attached hydrogen (secondary N) is 3. The highest BCUT2D eigenvalue weighted by molar-refractivity contribution is 8.00. The van der Waals surface area contributed by atoms with Crippen LogP contribution in [0, 0.1) is 0 Å². The van der Waals surface area contributed by atoms with E-state index in [2.05, 4.69) is 22.5 Å². The van der Waals surface area contributed by atoms with Gasteiger partial charge in [0.15, 0.2) is 6.29 Å². The minimum atomic E-state index is -0.734. The number of carbonyl (C=O) groups excluding carboxylic acids is 5. The maximum Gasteiger partial charge on any atom is 0.305 e. The van der Waals surface area contributed by atoms with E-state index in [1.807, 2.05) is 6.92 Å². The van der Waals surface area contributed by atoms with Crippen molar-refractivity contribution >= 4 is 41.4 Å². The molecule has 4 N–H and O–H groups in total. The summed E-state index contributed by atoms with van der Waals surface area (Å²) in [6, 6.07) is 0. The Morgan fingerprint density at radius 1 is 0.978 bits per heavy atom. The lowest BCUT2D eigenvalue weighted by Crippen LogP contribution is -2.36. The fourth-order valence-electron chi connectivity index (χ4n) is 4.07. The van der Waals surface area contributed by atoms with Gasteiger partial charge in [-0.15, -0.1) is 0 Å². The second-order valence-corrected chi connectivity index (χ2v) is 11.4. The van der Waals surface area contributed by atoms with Gasteiger partial charge in [0.2, 0.25) is 23.6 Å². The highest BCUT2D eigenvalue weighted by atomic mass is 32.2. The molecule has 1 heterocycles. The van der Waals surface area contributed by atoms with E-state index in [9.17, 15) is 29.1 Å². The number of aliphatic hydroxyl groups excluding tert-OH is 1. The molecule has 0 aromatic rings. The van der Waals surface area contributed by atoms with Crippen molar-refractivity contribution in [2.24, 2.45) is 0 Å². The second kappa shape index (κ2) is 25.3. The first-order valence-electron chi connectivity index (χ1n) is 15.6. The molecule has 264 valence electrons. The lowest BCUT2D eigenvalue weighted by Gasteiger charge is -2.21. The molecule has 46 heavy (non-hydrogen) atoms. The third kappa shape index (κ3) is 18.4. The van der Waals surface area contributed by atoms with Gasteiger partial charge in [0, 0.05) is 64.7 Å². The van der Waals surface area contributed by atoms with Crippen molar-refractivity contribution in [2.75, 3.05) is 79.2 Å². The average Bonchev–Trinajstić information content (AvgIpc) is 3.32. The topological polar surface area (TPSA) is 191 Å². The van der Waals surface area contributed by atoms with E-state index >= 15 is 0 Å². The van der Waals surface area contributed by atoms with Gasteiger partial charge in [-0.1, -0.05) is 13.5 Å². The molecule has 1 rings (SSSR count). The predicted molar refractivity (Wildman–Crippen MR) is 171 cm³/mol. The quantitative estimate of drug-likeness (QED) is 0.0378. The summed E-state index contributed by atoms with van der Waals surface area (Å²) in [4.78, 5) is 61.0. The van der Waals surface area contributed by atoms with E-state index in [0.717, 1.165) is 10.6 Å². The summed E-state index contributed by atoms with van der Waals surface area (Å²) in [6.45, 7) is 8.00. The third-order valence-corrected chi connectivity index (χ3v) is 7.73. The van der Waals surface area contributed by atoms with Gasteiger partial charge in [-0.3, -0.25) is 28.9 Å². The van der Waals surface area contributed by atoms with Crippen LogP contribution in [0.1, 0.15) is 51.9 Å². The van der Waals surface area contributed by atoms with E-state index in [-0.39, 0.29) is 99.6 Å². The summed E-state index contributed by atoms with van der Waals surface area (Å²) in [5.74, 6) is -1.27. The van der Waals surface area contributed by atoms with Gasteiger partial charge >= 0.3 is 5.97 Å². The van der Waals surface area contributed by atoms with Gasteiger partial charge in [0.25, 0.3) is 0 Å². The van der Waals surface area contributed by atoms with Crippen LogP contribution in [0.15, 0.2) is 12.3 Å². The Bertz CT molecular complexity index is 952. The molecule has 0 saturated carbocycles. The number of likely N-dealkylation sites (tertiary alicyclic amines) is 1. The standard InChI is InChI=1S/C30H52N4O11S/c1-5-23(20-35)45-29(41-3)21-44-28(39)8-6-7-22(2)31-11-12-32-26(37)10-15-42-17-18-43-16-13-33-25(36)9-14-34-27(38)19-24(46-4)30(34)40/h23-24,29,31,35H,2,5-21H2,1,3-4H3,(H,32,37)(H,33,36). The Kier molecular flexibility index (Phi) is 22.7. The van der Waals surface area contributed by atoms with Crippen molar-refractivity contribution < 1.29 is 52.8 Å². The summed E-state index contributed by atoms with van der Waals surface area (Å²) in [5.41, 5.74) is 0.746. The highest BCUT2D eigenvalue weighted by Crippen LogP contribution is 2.23. The zero-order valence-corrected chi connectivity index (χ0v) is 28.2. The molecule has 16 heteroatoms. The van der Waals surface area contributed by atoms with E-state index in [1.54, 1.807) is 6.26 Å². The van der Waals surface area contributed by atoms with Crippen molar-refractivity contribution in [1.29, 1.82) is 0 Å². The molecule has 0 spiro atoms. The number of rotatable bonds is 28. The first kappa shape index (κ1) is 41.3. The number of ether oxygens (including phenoxy) is 5. The maximum absolute atomic E-state index is 12.1. The number of carbonyl (C=O) groups is 5. The Labute approximate surface area is 275 Å². The lowest BCUT2D eigenvalue weighted by molar-refractivity contribution is -0.194. The van der Waals surface area contributed by atoms with Gasteiger partial charge in [-0.05, 0) is 25.5 Å². The maximum atomic E-state index is 12.1. The summed E-state index contributed by atoms with van der Waals surface area (Å²) >= 11 is 1.34. The number of esters is 1. The van der Waals surface area contributed by atoms with Gasteiger partial charge in [0.05, 0.1) is 44.4 Å². The Morgan fingerprint density at radius 3 is 2.30 bits per heavy atom. The summed E-state index contributed by atoms with van der Waals surface area (Å²) < 4.78 is 26.6. The highest BCUT2D eigenvalue weighted by Gasteiger charge is 2.37. The fourth-order valence-corrected chi connectivity index (χ4v) is 4.70. The number of hydrogen-bond acceptors (Lipinski definition) is 13. The van der Waals surface area contributed by atoms with Crippen molar-refractivity contribution in [1.82, 2.24) is 20.9 Å². The Morgan fingerprint density at radius 2 is 1.65 bits per heavy atom. The van der Waals surface area contributed by atoms with Gasteiger partial charge in [-0.25, -0.2) is 0 Å². The molecule has 0 radical (unpaired) electrons. The first-order valence-corrected chi connectivity index (χ1v) is 16.9. The van der Waals surface area contributed by atoms with Crippen LogP contribution in [0.25, 0.3) is 0 Å². The molecule has 1 aliphatic heterocycles. The summed E-state index contributed by atoms with van der Waals surface area (Å²) in [7, 11) is 1.44. The molecule has 0 aromatic carbocycles. The SMILES string of the molecule is C=C(CCCC(=O)OCC(OC)OC(CC)CO)NCCNC(=O)CCOCCOCCNC(=O)CCN1C(=O)CC(SC)C1=O. The summed E-state index contributed by atoms with van der Waals surface area (Å²) in [6.07, 6.45) is 3.04. The van der Waals surface area contributed by atoms with E-state index in [0.29, 0.717) is 52.1 Å². The van der Waals surface area contributed by atoms with E-state index < -0.39 is 6.29 Å². The van der Waals surface area contributed by atoms with E-state index in [1.165, 1.54) is 18.9 Å². The molecule has 1 aliphatic rings. The van der Waals surface area contributed by atoms with Crippen LogP contribution >= 0.6 is 11.8 Å². The number of nitrogens with zero attached hydrogens (tertiary/aromatic N) is 1. The average molecular weight is 677 g/mol. The van der Waals surface area contributed by atoms with Crippen LogP contribution < -0.4 is 16.0 Å². The van der Waals surface area contributed by atoms with Crippen molar-refractivity contribution in [3.05, 3.63) is 12.3 Å². The van der Waals surface area contributed by atoms with Crippen molar-refractivity contribution in [3.8, 4) is 0 Å². The normalized spacial score (nSPS) is 15.8. The molecule has 3 atom stereocenters. The molecule has 4 amide bonds. The molecular weight excluding hydrogens is 624 g/mol. The molecular formula is C30H52N4O11S. The van der Waals surface area contributed by atoms with Crippen LogP contribution in [0.4, 0.5) is 0 Å². The van der Waals surface area contributed by atoms with Crippen LogP contribution in [0.3, 0.4) is 0 Å². The second-order valence-electron chi connectivity index (χ2n) is 10.3. The summed E-state index contributed by atoms with van der Waals surface area (Å²) in [5, 5.41) is 17.4. The number of methoxy groups -OCH3 is 1. The molecule has 15 nitrogen and oxygen atoms in total. The minimum absolute atomic E-state index is 0.0491. The first-order chi connectivity index (χ1) is 22.1. The smallest absolute Gasteiger partial charge is 0.305 e. The molecule has 3 unspecified atom stereocenters. The number of imide groups is 1. The van der Waals surface area contributed by atoms with Crippen LogP contribution in [0.2, 0.25) is 0 Å². The number of thioether (sulfide) groups is 1. The number of amides is 4. The molecule has 0 bridgehead atoms.